The Morgan fingerprint density at radius 3 is 3.06 bits per heavy atom. The van der Waals surface area contributed by atoms with E-state index in [1.165, 1.54) is 5.56 Å². The summed E-state index contributed by atoms with van der Waals surface area (Å²) in [5.74, 6) is 0.144. The molecule has 2 rings (SSSR count). The van der Waals surface area contributed by atoms with Crippen molar-refractivity contribution < 1.29 is 4.79 Å². The Hall–Kier alpha value is -0.940. The van der Waals surface area contributed by atoms with E-state index < -0.39 is 0 Å². The van der Waals surface area contributed by atoms with E-state index >= 15 is 0 Å². The van der Waals surface area contributed by atoms with Gasteiger partial charge < -0.3 is 4.90 Å². The molecule has 2 heterocycles. The number of carbonyl (C=O) groups is 1. The largest absolute Gasteiger partial charge is 0.348 e. The molecule has 92 valence electrons. The van der Waals surface area contributed by atoms with Gasteiger partial charge in [0.2, 0.25) is 5.91 Å². The van der Waals surface area contributed by atoms with Gasteiger partial charge in [-0.3, -0.25) is 14.7 Å². The topological polar surface area (TPSA) is 36.4 Å². The van der Waals surface area contributed by atoms with Crippen molar-refractivity contribution in [3.63, 3.8) is 0 Å². The van der Waals surface area contributed by atoms with Crippen molar-refractivity contribution >= 4 is 21.8 Å². The number of likely N-dealkylation sites (N-methyl/N-ethyl adjacent to an activating group) is 1. The number of hydrogen-bond acceptors (Lipinski definition) is 3. The predicted molar refractivity (Wildman–Crippen MR) is 69.6 cm³/mol. The van der Waals surface area contributed by atoms with Gasteiger partial charge in [0, 0.05) is 37.9 Å². The van der Waals surface area contributed by atoms with Gasteiger partial charge in [0.15, 0.2) is 0 Å². The Bertz CT molecular complexity index is 434. The monoisotopic (exact) mass is 297 g/mol. The van der Waals surface area contributed by atoms with Crippen LogP contribution in [-0.4, -0.2) is 47.9 Å². The lowest BCUT2D eigenvalue weighted by Gasteiger charge is -2.28. The van der Waals surface area contributed by atoms with Crippen LogP contribution in [0.1, 0.15) is 11.3 Å². The molecule has 0 unspecified atom stereocenters. The van der Waals surface area contributed by atoms with Gasteiger partial charge in [-0.25, -0.2) is 0 Å². The standard InChI is InChI=1S/C12H16BrN3O/c1-15(2)12(17)8-16-4-3-9-5-10(13)6-14-11(9)7-16/h5-6H,3-4,7-8H2,1-2H3. The first-order valence-electron chi connectivity index (χ1n) is 5.62. The lowest BCUT2D eigenvalue weighted by atomic mass is 10.1. The van der Waals surface area contributed by atoms with Gasteiger partial charge in [-0.15, -0.1) is 0 Å². The third kappa shape index (κ3) is 3.04. The maximum Gasteiger partial charge on any atom is 0.236 e. The van der Waals surface area contributed by atoms with Crippen molar-refractivity contribution in [2.24, 2.45) is 0 Å². The zero-order chi connectivity index (χ0) is 12.4. The van der Waals surface area contributed by atoms with Gasteiger partial charge in [0.25, 0.3) is 0 Å². The van der Waals surface area contributed by atoms with Gasteiger partial charge >= 0.3 is 0 Å². The summed E-state index contributed by atoms with van der Waals surface area (Å²) >= 11 is 3.43. The average molecular weight is 298 g/mol. The molecule has 17 heavy (non-hydrogen) atoms. The summed E-state index contributed by atoms with van der Waals surface area (Å²) in [6.07, 6.45) is 2.78. The molecule has 0 aliphatic carbocycles. The van der Waals surface area contributed by atoms with Crippen molar-refractivity contribution in [3.8, 4) is 0 Å². The molecule has 5 heteroatoms. The molecule has 1 amide bonds. The van der Waals surface area contributed by atoms with Gasteiger partial charge in [-0.1, -0.05) is 0 Å². The van der Waals surface area contributed by atoms with E-state index in [1.807, 2.05) is 6.20 Å². The SMILES string of the molecule is CN(C)C(=O)CN1CCc2cc(Br)cnc2C1. The molecule has 1 aliphatic rings. The zero-order valence-electron chi connectivity index (χ0n) is 10.1. The molecule has 0 N–H and O–H groups in total. The van der Waals surface area contributed by atoms with Gasteiger partial charge in [-0.05, 0) is 34.0 Å². The highest BCUT2D eigenvalue weighted by atomic mass is 79.9. The van der Waals surface area contributed by atoms with Crippen LogP contribution in [0.3, 0.4) is 0 Å². The van der Waals surface area contributed by atoms with Crippen molar-refractivity contribution in [1.82, 2.24) is 14.8 Å². The second-order valence-electron chi connectivity index (χ2n) is 4.51. The minimum Gasteiger partial charge on any atom is -0.348 e. The Kier molecular flexibility index (Phi) is 3.79. The number of aromatic nitrogens is 1. The highest BCUT2D eigenvalue weighted by Crippen LogP contribution is 2.20. The molecule has 4 nitrogen and oxygen atoms in total. The summed E-state index contributed by atoms with van der Waals surface area (Å²) in [5.41, 5.74) is 2.37. The maximum atomic E-state index is 11.6. The summed E-state index contributed by atoms with van der Waals surface area (Å²) in [5, 5.41) is 0. The van der Waals surface area contributed by atoms with Crippen LogP contribution in [-0.2, 0) is 17.8 Å². The molecule has 1 aromatic rings. The maximum absolute atomic E-state index is 11.6. The van der Waals surface area contributed by atoms with E-state index in [9.17, 15) is 4.79 Å². The summed E-state index contributed by atoms with van der Waals surface area (Å²) in [7, 11) is 3.57. The molecule has 0 atom stereocenters. The first-order chi connectivity index (χ1) is 8.06. The van der Waals surface area contributed by atoms with Crippen molar-refractivity contribution in [2.75, 3.05) is 27.2 Å². The molecule has 0 bridgehead atoms. The number of halogens is 1. The minimum absolute atomic E-state index is 0.144. The summed E-state index contributed by atoms with van der Waals surface area (Å²) in [4.78, 5) is 19.8. The number of nitrogens with zero attached hydrogens (tertiary/aromatic N) is 3. The van der Waals surface area contributed by atoms with E-state index in [2.05, 4.69) is 31.9 Å². The third-order valence-electron chi connectivity index (χ3n) is 2.95. The van der Waals surface area contributed by atoms with E-state index in [0.717, 1.165) is 29.7 Å². The van der Waals surface area contributed by atoms with Crippen LogP contribution in [0.2, 0.25) is 0 Å². The van der Waals surface area contributed by atoms with Crippen LogP contribution in [0.15, 0.2) is 16.7 Å². The normalized spacial score (nSPS) is 15.5. The van der Waals surface area contributed by atoms with Crippen LogP contribution in [0.5, 0.6) is 0 Å². The van der Waals surface area contributed by atoms with Gasteiger partial charge in [0.05, 0.1) is 12.2 Å². The van der Waals surface area contributed by atoms with Crippen molar-refractivity contribution in [3.05, 3.63) is 28.0 Å². The first-order valence-corrected chi connectivity index (χ1v) is 6.41. The summed E-state index contributed by atoms with van der Waals surface area (Å²) in [6.45, 7) is 2.16. The molecule has 0 aromatic carbocycles. The van der Waals surface area contributed by atoms with Crippen LogP contribution in [0.25, 0.3) is 0 Å². The average Bonchev–Trinajstić information content (AvgIpc) is 2.29. The third-order valence-corrected chi connectivity index (χ3v) is 3.39. The number of amides is 1. The molecular weight excluding hydrogens is 282 g/mol. The van der Waals surface area contributed by atoms with E-state index in [0.29, 0.717) is 6.54 Å². The van der Waals surface area contributed by atoms with Crippen molar-refractivity contribution in [1.29, 1.82) is 0 Å². The molecule has 0 saturated carbocycles. The fourth-order valence-electron chi connectivity index (χ4n) is 1.91. The number of pyridine rings is 1. The molecule has 0 spiro atoms. The molecule has 0 saturated heterocycles. The van der Waals surface area contributed by atoms with Crippen LogP contribution in [0.4, 0.5) is 0 Å². The van der Waals surface area contributed by atoms with E-state index in [-0.39, 0.29) is 5.91 Å². The van der Waals surface area contributed by atoms with Crippen LogP contribution < -0.4 is 0 Å². The van der Waals surface area contributed by atoms with E-state index in [1.54, 1.807) is 19.0 Å². The fourth-order valence-corrected chi connectivity index (χ4v) is 2.28. The highest BCUT2D eigenvalue weighted by Gasteiger charge is 2.20. The van der Waals surface area contributed by atoms with Crippen LogP contribution >= 0.6 is 15.9 Å². The second kappa shape index (κ2) is 5.14. The number of hydrogen-bond donors (Lipinski definition) is 0. The quantitative estimate of drug-likeness (QED) is 0.825. The number of carbonyl (C=O) groups excluding carboxylic acids is 1. The molecule has 1 aliphatic heterocycles. The Balaban J connectivity index is 2.04. The molecule has 1 aromatic heterocycles. The number of rotatable bonds is 2. The minimum atomic E-state index is 0.144. The second-order valence-corrected chi connectivity index (χ2v) is 5.42. The molecule has 0 radical (unpaired) electrons. The molecular formula is C12H16BrN3O. The summed E-state index contributed by atoms with van der Waals surface area (Å²) in [6, 6.07) is 2.12. The Morgan fingerprint density at radius 1 is 1.59 bits per heavy atom. The lowest BCUT2D eigenvalue weighted by Crippen LogP contribution is -2.39. The zero-order valence-corrected chi connectivity index (χ0v) is 11.7. The van der Waals surface area contributed by atoms with Crippen LogP contribution in [0, 0.1) is 0 Å². The molecule has 0 fully saturated rings. The highest BCUT2D eigenvalue weighted by molar-refractivity contribution is 9.10. The first kappa shape index (κ1) is 12.5. The fraction of sp³-hybridized carbons (Fsp3) is 0.500. The smallest absolute Gasteiger partial charge is 0.236 e. The van der Waals surface area contributed by atoms with Crippen molar-refractivity contribution in [2.45, 2.75) is 13.0 Å². The summed E-state index contributed by atoms with van der Waals surface area (Å²) < 4.78 is 1.02. The Labute approximate surface area is 110 Å². The lowest BCUT2D eigenvalue weighted by molar-refractivity contribution is -0.130. The van der Waals surface area contributed by atoms with Gasteiger partial charge in [-0.2, -0.15) is 0 Å². The van der Waals surface area contributed by atoms with Gasteiger partial charge in [0.1, 0.15) is 0 Å². The Morgan fingerprint density at radius 2 is 2.35 bits per heavy atom. The number of fused-ring (bicyclic) bond motifs is 1. The predicted octanol–water partition coefficient (Wildman–Crippen LogP) is 1.29. The van der Waals surface area contributed by atoms with E-state index in [4.69, 9.17) is 0 Å².